The third-order valence-electron chi connectivity index (χ3n) is 2.57. The molecule has 1 rings (SSSR count). The molecular weight excluding hydrogens is 264 g/mol. The second kappa shape index (κ2) is 6.29. The maximum atomic E-state index is 4.01. The average molecular weight is 283 g/mol. The Kier molecular flexibility index (Phi) is 5.33. The molecule has 1 atom stereocenters. The first-order chi connectivity index (χ1) is 7.20. The Bertz CT molecular complexity index is 297. The van der Waals surface area contributed by atoms with E-state index in [1.165, 1.54) is 24.1 Å². The minimum absolute atomic E-state index is 1.16. The summed E-state index contributed by atoms with van der Waals surface area (Å²) in [6, 6.07) is 14.5. The Morgan fingerprint density at radius 2 is 2.00 bits per heavy atom. The molecule has 1 unspecified atom stereocenters. The number of halogens is 1. The van der Waals surface area contributed by atoms with Gasteiger partial charge in [0.1, 0.15) is 6.69 Å². The maximum Gasteiger partial charge on any atom is 0.138 e. The predicted octanol–water partition coefficient (Wildman–Crippen LogP) is 4.70. The zero-order chi connectivity index (χ0) is 11.1. The molecular formula is C13H19BrSi. The third kappa shape index (κ3) is 4.35. The normalized spacial score (nSPS) is 14.5. The third-order valence-corrected chi connectivity index (χ3v) is 9.03. The molecule has 0 nitrogen and oxygen atoms in total. The van der Waals surface area contributed by atoms with Crippen LogP contribution in [0.2, 0.25) is 12.1 Å². The Morgan fingerprint density at radius 1 is 1.33 bits per heavy atom. The van der Waals surface area contributed by atoms with Crippen molar-refractivity contribution >= 4 is 22.0 Å². The van der Waals surface area contributed by atoms with Crippen molar-refractivity contribution in [2.24, 2.45) is 0 Å². The highest BCUT2D eigenvalue weighted by Crippen LogP contribution is 2.29. The molecule has 0 radical (unpaired) electrons. The van der Waals surface area contributed by atoms with Gasteiger partial charge in [-0.1, -0.05) is 49.8 Å². The number of allylic oxidation sites excluding steroid dienone is 1. The first-order valence-corrected chi connectivity index (χ1v) is 10.4. The van der Waals surface area contributed by atoms with E-state index in [0.29, 0.717) is 0 Å². The lowest BCUT2D eigenvalue weighted by Gasteiger charge is -2.23. The second-order valence-electron chi connectivity index (χ2n) is 4.06. The average Bonchev–Trinajstić information content (AvgIpc) is 2.19. The monoisotopic (exact) mass is 282 g/mol. The summed E-state index contributed by atoms with van der Waals surface area (Å²) in [7, 11) is 0. The zero-order valence-corrected chi connectivity index (χ0v) is 12.0. The molecule has 0 aliphatic carbocycles. The Hall–Kier alpha value is -0.343. The highest BCUT2D eigenvalue weighted by atomic mass is 79.9. The van der Waals surface area contributed by atoms with Crippen LogP contribution in [0.25, 0.3) is 0 Å². The quantitative estimate of drug-likeness (QED) is 0.403. The van der Waals surface area contributed by atoms with E-state index >= 15 is 0 Å². The lowest BCUT2D eigenvalue weighted by atomic mass is 10.2. The topological polar surface area (TPSA) is 0 Å². The van der Waals surface area contributed by atoms with Gasteiger partial charge in [-0.2, -0.15) is 0 Å². The van der Waals surface area contributed by atoms with Crippen LogP contribution >= 0.6 is 15.3 Å². The molecule has 15 heavy (non-hydrogen) atoms. The Morgan fingerprint density at radius 3 is 2.53 bits per heavy atom. The van der Waals surface area contributed by atoms with Crippen molar-refractivity contribution in [3.63, 3.8) is 0 Å². The van der Waals surface area contributed by atoms with E-state index in [9.17, 15) is 0 Å². The fourth-order valence-corrected chi connectivity index (χ4v) is 7.68. The summed E-state index contributed by atoms with van der Waals surface area (Å²) in [6.45, 7) is 4.84. The lowest BCUT2D eigenvalue weighted by molar-refractivity contribution is 1.04. The maximum absolute atomic E-state index is 4.01. The van der Waals surface area contributed by atoms with Crippen molar-refractivity contribution in [2.45, 2.75) is 31.5 Å². The molecule has 2 heteroatoms. The van der Waals surface area contributed by atoms with Crippen LogP contribution < -0.4 is 0 Å². The Balaban J connectivity index is 2.70. The van der Waals surface area contributed by atoms with Crippen LogP contribution in [0.1, 0.15) is 18.9 Å². The van der Waals surface area contributed by atoms with Gasteiger partial charge in [-0.3, -0.25) is 0 Å². The van der Waals surface area contributed by atoms with Crippen LogP contribution in [-0.4, -0.2) is 6.69 Å². The molecule has 82 valence electrons. The van der Waals surface area contributed by atoms with Gasteiger partial charge < -0.3 is 0 Å². The molecule has 0 aromatic heterocycles. The van der Waals surface area contributed by atoms with Gasteiger partial charge in [0.05, 0.1) is 0 Å². The molecule has 0 saturated carbocycles. The number of benzene rings is 1. The van der Waals surface area contributed by atoms with Crippen LogP contribution in [0.5, 0.6) is 0 Å². The SMILES string of the molecule is C=CC[Si](Br)(CCC)Cc1ccccc1. The first-order valence-electron chi connectivity index (χ1n) is 5.54. The van der Waals surface area contributed by atoms with Gasteiger partial charge in [0, 0.05) is 0 Å². The van der Waals surface area contributed by atoms with E-state index in [1.54, 1.807) is 0 Å². The summed E-state index contributed by atoms with van der Waals surface area (Å²) in [6.07, 6.45) is 3.33. The number of hydrogen-bond acceptors (Lipinski definition) is 0. The minimum Gasteiger partial charge on any atom is -0.126 e. The van der Waals surface area contributed by atoms with E-state index in [0.717, 1.165) is 6.04 Å². The first kappa shape index (κ1) is 12.7. The van der Waals surface area contributed by atoms with Crippen LogP contribution in [0, 0.1) is 0 Å². The largest absolute Gasteiger partial charge is 0.138 e. The van der Waals surface area contributed by atoms with Crippen molar-refractivity contribution in [1.82, 2.24) is 0 Å². The minimum atomic E-state index is -1.30. The lowest BCUT2D eigenvalue weighted by Crippen LogP contribution is -2.28. The molecule has 0 N–H and O–H groups in total. The predicted molar refractivity (Wildman–Crippen MR) is 74.9 cm³/mol. The fraction of sp³-hybridized carbons (Fsp3) is 0.385. The van der Waals surface area contributed by atoms with E-state index in [4.69, 9.17) is 0 Å². The van der Waals surface area contributed by atoms with E-state index in [-0.39, 0.29) is 0 Å². The van der Waals surface area contributed by atoms with Gasteiger partial charge >= 0.3 is 0 Å². The highest BCUT2D eigenvalue weighted by molar-refractivity contribution is 9.26. The highest BCUT2D eigenvalue weighted by Gasteiger charge is 2.27. The summed E-state index contributed by atoms with van der Waals surface area (Å²) in [4.78, 5) is 0. The zero-order valence-electron chi connectivity index (χ0n) is 9.38. The van der Waals surface area contributed by atoms with Crippen LogP contribution in [0.15, 0.2) is 43.0 Å². The van der Waals surface area contributed by atoms with E-state index in [1.807, 2.05) is 0 Å². The van der Waals surface area contributed by atoms with Crippen LogP contribution in [0.3, 0.4) is 0 Å². The van der Waals surface area contributed by atoms with Gasteiger partial charge in [-0.05, 0) is 23.7 Å². The van der Waals surface area contributed by atoms with Gasteiger partial charge in [0.15, 0.2) is 0 Å². The molecule has 0 heterocycles. The second-order valence-corrected chi connectivity index (χ2v) is 12.7. The molecule has 0 saturated heterocycles. The van der Waals surface area contributed by atoms with Crippen molar-refractivity contribution in [1.29, 1.82) is 0 Å². The van der Waals surface area contributed by atoms with Crippen molar-refractivity contribution < 1.29 is 0 Å². The Labute approximate surface area is 102 Å². The van der Waals surface area contributed by atoms with Gasteiger partial charge in [-0.25, -0.2) is 0 Å². The summed E-state index contributed by atoms with van der Waals surface area (Å²) in [5.74, 6) is 0. The van der Waals surface area contributed by atoms with Crippen molar-refractivity contribution in [3.8, 4) is 0 Å². The molecule has 1 aromatic rings. The molecule has 1 aromatic carbocycles. The molecule has 0 aliphatic heterocycles. The van der Waals surface area contributed by atoms with Gasteiger partial charge in [-0.15, -0.1) is 21.9 Å². The molecule has 0 amide bonds. The number of rotatable bonds is 6. The molecule has 0 fully saturated rings. The van der Waals surface area contributed by atoms with Crippen LogP contribution in [-0.2, 0) is 6.04 Å². The summed E-state index contributed by atoms with van der Waals surface area (Å²) in [5, 5.41) is 0. The van der Waals surface area contributed by atoms with E-state index in [2.05, 4.69) is 65.2 Å². The van der Waals surface area contributed by atoms with E-state index < -0.39 is 6.69 Å². The van der Waals surface area contributed by atoms with Crippen molar-refractivity contribution in [2.75, 3.05) is 0 Å². The molecule has 0 aliphatic rings. The standard InChI is InChI=1S/C13H19BrSi/c1-3-10-15(14,11-4-2)12-13-8-6-5-7-9-13/h3,5-9H,1,4,10-12H2,2H3. The van der Waals surface area contributed by atoms with Crippen LogP contribution in [0.4, 0.5) is 0 Å². The molecule has 0 bridgehead atoms. The fourth-order valence-electron chi connectivity index (χ4n) is 1.93. The van der Waals surface area contributed by atoms with Gasteiger partial charge in [0.2, 0.25) is 0 Å². The smallest absolute Gasteiger partial charge is 0.126 e. The number of hydrogen-bond donors (Lipinski definition) is 0. The molecule has 0 spiro atoms. The summed E-state index contributed by atoms with van der Waals surface area (Å²) < 4.78 is 0. The summed E-state index contributed by atoms with van der Waals surface area (Å²) in [5.41, 5.74) is 1.45. The van der Waals surface area contributed by atoms with Gasteiger partial charge in [0.25, 0.3) is 0 Å². The summed E-state index contributed by atoms with van der Waals surface area (Å²) >= 11 is 4.01. The van der Waals surface area contributed by atoms with Crippen molar-refractivity contribution in [3.05, 3.63) is 48.6 Å².